The molecule has 0 atom stereocenters. The Hall–Kier alpha value is -1.38. The first-order chi connectivity index (χ1) is 7.74. The van der Waals surface area contributed by atoms with Crippen molar-refractivity contribution in [2.75, 3.05) is 0 Å². The lowest BCUT2D eigenvalue weighted by molar-refractivity contribution is 0.585. The summed E-state index contributed by atoms with van der Waals surface area (Å²) >= 11 is 0. The summed E-state index contributed by atoms with van der Waals surface area (Å²) in [7, 11) is 0. The molecule has 0 heterocycles. The molecule has 0 saturated heterocycles. The zero-order chi connectivity index (χ0) is 13.1. The van der Waals surface area contributed by atoms with Gasteiger partial charge in [-0.2, -0.15) is 0 Å². The zero-order valence-electron chi connectivity index (χ0n) is 10.6. The van der Waals surface area contributed by atoms with Crippen LogP contribution in [0.25, 0.3) is 0 Å². The number of nitrogens with one attached hydrogen (secondary N) is 4. The molecule has 0 radical (unpaired) electrons. The van der Waals surface area contributed by atoms with Gasteiger partial charge in [-0.05, 0) is 0 Å². The number of hydrogen-bond donors (Lipinski definition) is 4. The largest absolute Gasteiger partial charge is 0.211 e. The van der Waals surface area contributed by atoms with Crippen LogP contribution < -0.4 is 9.82 Å². The first kappa shape index (κ1) is 20.1. The number of nitrogens with zero attached hydrogens (tertiary/aromatic N) is 2. The third-order valence-corrected chi connectivity index (χ3v) is 1.96. The third-order valence-electron chi connectivity index (χ3n) is 1.96. The van der Waals surface area contributed by atoms with E-state index >= 15 is 0 Å². The Morgan fingerprint density at radius 1 is 0.562 bits per heavy atom. The van der Waals surface area contributed by atoms with Gasteiger partial charge in [0, 0.05) is 0 Å². The molecule has 4 N–H and O–H groups in total. The van der Waals surface area contributed by atoms with Crippen molar-refractivity contribution in [2.24, 2.45) is 0 Å². The van der Waals surface area contributed by atoms with Gasteiger partial charge in [0.1, 0.15) is 22.1 Å². The summed E-state index contributed by atoms with van der Waals surface area (Å²) in [6.45, 7) is 4.54. The van der Waals surface area contributed by atoms with Crippen molar-refractivity contribution in [3.8, 4) is 0 Å². The Balaban J connectivity index is -0.000000235. The van der Waals surface area contributed by atoms with Crippen LogP contribution in [0.4, 0.5) is 0 Å². The van der Waals surface area contributed by atoms with Gasteiger partial charge in [0.15, 0.2) is 0 Å². The van der Waals surface area contributed by atoms with Crippen LogP contribution in [0.1, 0.15) is 65.2 Å². The molecular weight excluding hydrogens is 204 g/mol. The van der Waals surface area contributed by atoms with E-state index in [0.717, 1.165) is 0 Å². The molecule has 0 aliphatic heterocycles. The van der Waals surface area contributed by atoms with Crippen molar-refractivity contribution in [1.82, 2.24) is 9.82 Å². The van der Waals surface area contributed by atoms with E-state index in [1.165, 1.54) is 51.4 Å². The molecular formula is C10H26N6+2. The maximum Gasteiger partial charge on any atom is 0.211 e. The van der Waals surface area contributed by atoms with Crippen LogP contribution in [0.5, 0.6) is 0 Å². The van der Waals surface area contributed by atoms with E-state index in [1.807, 2.05) is 9.82 Å². The van der Waals surface area contributed by atoms with Crippen molar-refractivity contribution in [3.63, 3.8) is 0 Å². The summed E-state index contributed by atoms with van der Waals surface area (Å²) in [4.78, 5) is 4.00. The van der Waals surface area contributed by atoms with E-state index < -0.39 is 0 Å². The second kappa shape index (κ2) is 29.2. The van der Waals surface area contributed by atoms with Crippen molar-refractivity contribution < 1.29 is 0 Å². The molecule has 0 saturated carbocycles. The molecule has 0 spiro atoms. The van der Waals surface area contributed by atoms with Gasteiger partial charge in [-0.15, -0.1) is 0 Å². The van der Waals surface area contributed by atoms with Gasteiger partial charge in [-0.3, -0.25) is 0 Å². The number of rotatable bonds is 7. The van der Waals surface area contributed by atoms with Crippen LogP contribution in [-0.2, 0) is 0 Å². The topological polar surface area (TPSA) is 124 Å². The summed E-state index contributed by atoms with van der Waals surface area (Å²) in [6.07, 6.45) is 11.5. The SMILES string of the molecule is CCCCCCCCCC.N=[N+]=N.N=[N+]=N. The fraction of sp³-hybridized carbons (Fsp3) is 1.00. The standard InChI is InChI=1S/C10H22.2H2N3/c1-3-5-7-9-10-8-6-4-2;2*1-3-2/h3-10H2,1-2H3;2*1-2H/q;2*+1. The number of hydrogen-bond acceptors (Lipinski definition) is 4. The molecule has 0 aromatic heterocycles. The summed E-state index contributed by atoms with van der Waals surface area (Å²) in [6, 6.07) is 0. The third kappa shape index (κ3) is 54.0. The maximum absolute atomic E-state index is 5.50. The summed E-state index contributed by atoms with van der Waals surface area (Å²) in [5.74, 6) is 0. The molecule has 94 valence electrons. The van der Waals surface area contributed by atoms with E-state index in [0.29, 0.717) is 0 Å². The highest BCUT2D eigenvalue weighted by atomic mass is 15.0. The Bertz CT molecular complexity index is 148. The molecule has 0 rings (SSSR count). The molecule has 6 nitrogen and oxygen atoms in total. The highest BCUT2D eigenvalue weighted by Crippen LogP contribution is 2.07. The van der Waals surface area contributed by atoms with Gasteiger partial charge in [-0.1, -0.05) is 65.2 Å². The first-order valence-corrected chi connectivity index (χ1v) is 5.81. The molecule has 0 amide bonds. The van der Waals surface area contributed by atoms with Gasteiger partial charge in [0.25, 0.3) is 0 Å². The van der Waals surface area contributed by atoms with Crippen molar-refractivity contribution in [2.45, 2.75) is 65.2 Å². The zero-order valence-corrected chi connectivity index (χ0v) is 10.6. The predicted octanol–water partition coefficient (Wildman–Crippen LogP) is 4.38. The van der Waals surface area contributed by atoms with E-state index in [-0.39, 0.29) is 0 Å². The molecule has 0 aliphatic carbocycles. The van der Waals surface area contributed by atoms with E-state index in [1.54, 1.807) is 0 Å². The van der Waals surface area contributed by atoms with Crippen LogP contribution in [0.2, 0.25) is 0 Å². The predicted molar refractivity (Wildman–Crippen MR) is 63.4 cm³/mol. The number of unbranched alkanes of at least 4 members (excludes halogenated alkanes) is 7. The summed E-state index contributed by atoms with van der Waals surface area (Å²) < 4.78 is 0. The van der Waals surface area contributed by atoms with Crippen molar-refractivity contribution in [1.29, 1.82) is 22.1 Å². The lowest BCUT2D eigenvalue weighted by Gasteiger charge is -1.97. The lowest BCUT2D eigenvalue weighted by Crippen LogP contribution is -1.77. The molecule has 6 heteroatoms. The highest BCUT2D eigenvalue weighted by molar-refractivity contribution is 4.43. The first-order valence-electron chi connectivity index (χ1n) is 5.81. The average molecular weight is 230 g/mol. The summed E-state index contributed by atoms with van der Waals surface area (Å²) in [5.41, 5.74) is 22.0. The van der Waals surface area contributed by atoms with Gasteiger partial charge in [-0.25, -0.2) is 0 Å². The fourth-order valence-electron chi connectivity index (χ4n) is 1.21. The monoisotopic (exact) mass is 230 g/mol. The fourth-order valence-corrected chi connectivity index (χ4v) is 1.21. The smallest absolute Gasteiger partial charge is 0.0654 e. The van der Waals surface area contributed by atoms with Gasteiger partial charge < -0.3 is 0 Å². The normalized spacial score (nSPS) is 7.38. The van der Waals surface area contributed by atoms with Crippen LogP contribution in [0.15, 0.2) is 0 Å². The van der Waals surface area contributed by atoms with Gasteiger partial charge in [0.05, 0.1) is 0 Å². The van der Waals surface area contributed by atoms with Crippen LogP contribution >= 0.6 is 0 Å². The minimum Gasteiger partial charge on any atom is -0.0654 e. The quantitative estimate of drug-likeness (QED) is 0.281. The van der Waals surface area contributed by atoms with Crippen molar-refractivity contribution >= 4 is 0 Å². The Morgan fingerprint density at radius 3 is 0.938 bits per heavy atom. The van der Waals surface area contributed by atoms with Crippen LogP contribution in [-0.4, -0.2) is 0 Å². The van der Waals surface area contributed by atoms with Gasteiger partial charge in [0.2, 0.25) is 9.82 Å². The van der Waals surface area contributed by atoms with E-state index in [9.17, 15) is 0 Å². The molecule has 0 aromatic carbocycles. The summed E-state index contributed by atoms with van der Waals surface area (Å²) in [5, 5.41) is 0. The molecule has 0 unspecified atom stereocenters. The van der Waals surface area contributed by atoms with Crippen LogP contribution in [0, 0.1) is 22.1 Å². The van der Waals surface area contributed by atoms with Gasteiger partial charge >= 0.3 is 0 Å². The minimum absolute atomic E-state index is 1.37. The average Bonchev–Trinajstić information content (AvgIpc) is 2.26. The van der Waals surface area contributed by atoms with E-state index in [4.69, 9.17) is 22.1 Å². The second-order valence-corrected chi connectivity index (χ2v) is 3.34. The molecule has 0 aromatic rings. The molecule has 16 heavy (non-hydrogen) atoms. The Morgan fingerprint density at radius 2 is 0.750 bits per heavy atom. The Labute approximate surface area is 97.9 Å². The van der Waals surface area contributed by atoms with Crippen LogP contribution in [0.3, 0.4) is 0 Å². The highest BCUT2D eigenvalue weighted by Gasteiger charge is 1.87. The maximum atomic E-state index is 5.50. The Kier molecular flexibility index (Phi) is 36.6. The minimum atomic E-state index is 1.37. The molecule has 0 bridgehead atoms. The van der Waals surface area contributed by atoms with E-state index in [2.05, 4.69) is 13.8 Å². The van der Waals surface area contributed by atoms with Crippen molar-refractivity contribution in [3.05, 3.63) is 0 Å². The second-order valence-electron chi connectivity index (χ2n) is 3.34. The molecule has 0 aliphatic rings. The molecule has 0 fully saturated rings. The lowest BCUT2D eigenvalue weighted by atomic mass is 10.1.